The van der Waals surface area contributed by atoms with Gasteiger partial charge in [-0.3, -0.25) is 4.84 Å². The Hall–Kier alpha value is -0.770. The maximum Gasteiger partial charge on any atom is 0.431 e. The van der Waals surface area contributed by atoms with Crippen LogP contribution >= 0.6 is 0 Å². The lowest BCUT2D eigenvalue weighted by Gasteiger charge is -2.18. The summed E-state index contributed by atoms with van der Waals surface area (Å²) in [4.78, 5) is 15.1. The van der Waals surface area contributed by atoms with E-state index in [0.717, 1.165) is 5.06 Å². The Morgan fingerprint density at radius 1 is 1.80 bits per heavy atom. The molecule has 0 unspecified atom stereocenters. The van der Waals surface area contributed by atoms with E-state index in [1.54, 1.807) is 13.8 Å². The molecule has 0 spiro atoms. The smallest absolute Gasteiger partial charge is 0.431 e. The summed E-state index contributed by atoms with van der Waals surface area (Å²) in [5, 5.41) is 9.18. The molecule has 4 heteroatoms. The Bertz CT molecular complexity index is 114. The fourth-order valence-electron chi connectivity index (χ4n) is 0.448. The van der Waals surface area contributed by atoms with Gasteiger partial charge in [0.2, 0.25) is 0 Å². The lowest BCUT2D eigenvalue weighted by atomic mass is 10.5. The highest BCUT2D eigenvalue weighted by Gasteiger charge is 2.10. The number of amides is 1. The lowest BCUT2D eigenvalue weighted by molar-refractivity contribution is -0.153. The van der Waals surface area contributed by atoms with Gasteiger partial charge in [-0.05, 0) is 20.8 Å². The first-order valence-electron chi connectivity index (χ1n) is 3.04. The van der Waals surface area contributed by atoms with Crippen molar-refractivity contribution in [3.05, 3.63) is 6.92 Å². The molecule has 10 heavy (non-hydrogen) atoms. The average Bonchev–Trinajstić information content (AvgIpc) is 1.81. The molecule has 0 saturated heterocycles. The van der Waals surface area contributed by atoms with E-state index in [9.17, 15) is 4.79 Å². The predicted octanol–water partition coefficient (Wildman–Crippen LogP) is 1.14. The molecule has 0 heterocycles. The summed E-state index contributed by atoms with van der Waals surface area (Å²) in [7, 11) is 0. The number of hydroxylamine groups is 2. The molecule has 0 aliphatic carbocycles. The van der Waals surface area contributed by atoms with Crippen LogP contribution in [0.2, 0.25) is 0 Å². The maximum absolute atomic E-state index is 10.2. The van der Waals surface area contributed by atoms with Gasteiger partial charge in [0.1, 0.15) is 0 Å². The molecular weight excluding hydrogens is 134 g/mol. The minimum absolute atomic E-state index is 0.105. The van der Waals surface area contributed by atoms with Crippen molar-refractivity contribution in [2.75, 3.05) is 6.54 Å². The molecule has 0 aliphatic heterocycles. The molecule has 0 aromatic rings. The molecule has 1 amide bonds. The van der Waals surface area contributed by atoms with Gasteiger partial charge in [-0.2, -0.15) is 5.06 Å². The summed E-state index contributed by atoms with van der Waals surface area (Å²) in [6.45, 7) is 7.00. The molecule has 4 nitrogen and oxygen atoms in total. The van der Waals surface area contributed by atoms with E-state index < -0.39 is 6.09 Å². The summed E-state index contributed by atoms with van der Waals surface area (Å²) < 4.78 is 0. The van der Waals surface area contributed by atoms with Crippen LogP contribution in [0.3, 0.4) is 0 Å². The molecule has 0 rings (SSSR count). The van der Waals surface area contributed by atoms with E-state index in [4.69, 9.17) is 9.94 Å². The summed E-state index contributed by atoms with van der Waals surface area (Å²) in [5.41, 5.74) is 0. The molecule has 0 aliphatic rings. The third kappa shape index (κ3) is 3.29. The topological polar surface area (TPSA) is 49.8 Å². The van der Waals surface area contributed by atoms with E-state index in [1.165, 1.54) is 0 Å². The van der Waals surface area contributed by atoms with Crippen molar-refractivity contribution in [3.8, 4) is 0 Å². The van der Waals surface area contributed by atoms with Crippen molar-refractivity contribution in [3.63, 3.8) is 0 Å². The number of carbonyl (C=O) groups is 1. The first-order chi connectivity index (χ1) is 4.57. The Morgan fingerprint density at radius 2 is 2.30 bits per heavy atom. The summed E-state index contributed by atoms with van der Waals surface area (Å²) >= 11 is 0. The number of hydrogen-bond acceptors (Lipinski definition) is 2. The molecule has 0 fully saturated rings. The molecule has 0 saturated carbocycles. The normalized spacial score (nSPS) is 10.0. The van der Waals surface area contributed by atoms with Crippen LogP contribution in [-0.2, 0) is 4.84 Å². The minimum Gasteiger partial charge on any atom is -0.463 e. The van der Waals surface area contributed by atoms with Gasteiger partial charge in [-0.1, -0.05) is 0 Å². The second-order valence-corrected chi connectivity index (χ2v) is 2.04. The van der Waals surface area contributed by atoms with Gasteiger partial charge in [-0.25, -0.2) is 4.79 Å². The second kappa shape index (κ2) is 4.11. The first kappa shape index (κ1) is 9.23. The fourth-order valence-corrected chi connectivity index (χ4v) is 0.448. The quantitative estimate of drug-likeness (QED) is 0.607. The largest absolute Gasteiger partial charge is 0.463 e. The van der Waals surface area contributed by atoms with Gasteiger partial charge in [0.15, 0.2) is 0 Å². The van der Waals surface area contributed by atoms with Crippen molar-refractivity contribution >= 4 is 6.09 Å². The zero-order chi connectivity index (χ0) is 8.15. The minimum atomic E-state index is -1.11. The van der Waals surface area contributed by atoms with Crippen LogP contribution in [0, 0.1) is 6.92 Å². The van der Waals surface area contributed by atoms with Crippen molar-refractivity contribution in [2.24, 2.45) is 0 Å². The molecular formula is C6H12NO3. The highest BCUT2D eigenvalue weighted by atomic mass is 16.7. The van der Waals surface area contributed by atoms with Crippen molar-refractivity contribution in [1.29, 1.82) is 0 Å². The Kier molecular flexibility index (Phi) is 3.79. The molecule has 0 atom stereocenters. The highest BCUT2D eigenvalue weighted by Crippen LogP contribution is 1.95. The number of nitrogens with zero attached hydrogens (tertiary/aromatic N) is 1. The Morgan fingerprint density at radius 3 is 2.40 bits per heavy atom. The van der Waals surface area contributed by atoms with Gasteiger partial charge < -0.3 is 5.11 Å². The van der Waals surface area contributed by atoms with Gasteiger partial charge in [-0.15, -0.1) is 0 Å². The fraction of sp³-hybridized carbons (Fsp3) is 0.667. The van der Waals surface area contributed by atoms with Crippen LogP contribution in [0.5, 0.6) is 0 Å². The van der Waals surface area contributed by atoms with Crippen molar-refractivity contribution in [2.45, 2.75) is 20.0 Å². The molecule has 1 radical (unpaired) electrons. The molecule has 59 valence electrons. The monoisotopic (exact) mass is 146 g/mol. The third-order valence-corrected chi connectivity index (χ3v) is 0.755. The molecule has 1 N–H and O–H groups in total. The lowest BCUT2D eigenvalue weighted by Crippen LogP contribution is -2.32. The van der Waals surface area contributed by atoms with E-state index in [0.29, 0.717) is 0 Å². The van der Waals surface area contributed by atoms with Crippen LogP contribution in [0.25, 0.3) is 0 Å². The van der Waals surface area contributed by atoms with E-state index in [1.807, 2.05) is 0 Å². The van der Waals surface area contributed by atoms with Crippen molar-refractivity contribution < 1.29 is 14.7 Å². The van der Waals surface area contributed by atoms with Crippen LogP contribution in [0.1, 0.15) is 13.8 Å². The van der Waals surface area contributed by atoms with Crippen LogP contribution in [0.4, 0.5) is 4.79 Å². The highest BCUT2D eigenvalue weighted by molar-refractivity contribution is 5.63. The Balaban J connectivity index is 3.72. The number of carboxylic acid groups (broad SMARTS) is 1. The van der Waals surface area contributed by atoms with Crippen LogP contribution < -0.4 is 0 Å². The average molecular weight is 146 g/mol. The van der Waals surface area contributed by atoms with E-state index >= 15 is 0 Å². The zero-order valence-electron chi connectivity index (χ0n) is 6.20. The van der Waals surface area contributed by atoms with E-state index in [-0.39, 0.29) is 12.6 Å². The zero-order valence-corrected chi connectivity index (χ0v) is 6.20. The standard InChI is InChI=1S/C6H12NO3/c1-4-7(6(8)9)10-5(2)3/h5H,1,4H2,2-3H3,(H,8,9). The predicted molar refractivity (Wildman–Crippen MR) is 36.3 cm³/mol. The number of rotatable bonds is 3. The molecule has 0 aromatic heterocycles. The van der Waals surface area contributed by atoms with Gasteiger partial charge in [0, 0.05) is 0 Å². The van der Waals surface area contributed by atoms with Gasteiger partial charge >= 0.3 is 6.09 Å². The third-order valence-electron chi connectivity index (χ3n) is 0.755. The SMILES string of the molecule is [CH2]CN(OC(C)C)C(=O)O. The second-order valence-electron chi connectivity index (χ2n) is 2.04. The first-order valence-corrected chi connectivity index (χ1v) is 3.04. The van der Waals surface area contributed by atoms with E-state index in [2.05, 4.69) is 6.92 Å². The Labute approximate surface area is 60.3 Å². The van der Waals surface area contributed by atoms with Gasteiger partial charge in [0.05, 0.1) is 12.6 Å². The molecule has 0 aromatic carbocycles. The summed E-state index contributed by atoms with van der Waals surface area (Å²) in [6, 6.07) is 0. The maximum atomic E-state index is 10.2. The summed E-state index contributed by atoms with van der Waals surface area (Å²) in [6.07, 6.45) is -1.23. The number of hydrogen-bond donors (Lipinski definition) is 1. The molecule has 0 bridgehead atoms. The van der Waals surface area contributed by atoms with Crippen LogP contribution in [0.15, 0.2) is 0 Å². The van der Waals surface area contributed by atoms with Crippen molar-refractivity contribution in [1.82, 2.24) is 5.06 Å². The van der Waals surface area contributed by atoms with Crippen LogP contribution in [-0.4, -0.2) is 28.9 Å². The van der Waals surface area contributed by atoms with Gasteiger partial charge in [0.25, 0.3) is 0 Å². The summed E-state index contributed by atoms with van der Waals surface area (Å²) in [5.74, 6) is 0.